The van der Waals surface area contributed by atoms with E-state index in [1.807, 2.05) is 32.9 Å². The van der Waals surface area contributed by atoms with E-state index in [-0.39, 0.29) is 18.0 Å². The van der Waals surface area contributed by atoms with Crippen LogP contribution in [0.15, 0.2) is 24.3 Å². The van der Waals surface area contributed by atoms with Crippen molar-refractivity contribution in [3.05, 3.63) is 29.8 Å². The van der Waals surface area contributed by atoms with Crippen LogP contribution >= 0.6 is 0 Å². The minimum absolute atomic E-state index is 0.00590. The number of anilines is 1. The molecule has 1 aliphatic rings. The molecular formula is C19H30N4O2. The van der Waals surface area contributed by atoms with E-state index in [0.29, 0.717) is 6.04 Å². The minimum Gasteiger partial charge on any atom is -0.382 e. The van der Waals surface area contributed by atoms with Crippen molar-refractivity contribution in [1.82, 2.24) is 15.5 Å². The second kappa shape index (κ2) is 8.85. The summed E-state index contributed by atoms with van der Waals surface area (Å²) in [7, 11) is 0. The molecule has 6 nitrogen and oxygen atoms in total. The summed E-state index contributed by atoms with van der Waals surface area (Å²) in [5, 5.41) is 8.69. The summed E-state index contributed by atoms with van der Waals surface area (Å²) in [4.78, 5) is 26.0. The Kier molecular flexibility index (Phi) is 6.82. The fraction of sp³-hybridized carbons (Fsp3) is 0.579. The van der Waals surface area contributed by atoms with Crippen molar-refractivity contribution < 1.29 is 9.59 Å². The second-order valence-electron chi connectivity index (χ2n) is 7.06. The van der Waals surface area contributed by atoms with Crippen molar-refractivity contribution in [2.75, 3.05) is 18.4 Å². The maximum atomic E-state index is 12.2. The lowest BCUT2D eigenvalue weighted by atomic mass is 10.0. The van der Waals surface area contributed by atoms with Gasteiger partial charge in [-0.1, -0.05) is 18.2 Å². The number of carbonyl (C=O) groups is 2. The molecule has 1 aliphatic heterocycles. The van der Waals surface area contributed by atoms with Gasteiger partial charge in [0.25, 0.3) is 0 Å². The van der Waals surface area contributed by atoms with Crippen LogP contribution < -0.4 is 16.0 Å². The number of piperidine rings is 1. The molecule has 1 heterocycles. The average molecular weight is 346 g/mol. The summed E-state index contributed by atoms with van der Waals surface area (Å²) >= 11 is 0. The number of carbonyl (C=O) groups excluding carboxylic acids is 2. The van der Waals surface area contributed by atoms with Crippen LogP contribution in [0.3, 0.4) is 0 Å². The van der Waals surface area contributed by atoms with Crippen LogP contribution in [0.4, 0.5) is 10.5 Å². The largest absolute Gasteiger partial charge is 0.382 e. The van der Waals surface area contributed by atoms with E-state index >= 15 is 0 Å². The number of para-hydroxylation sites is 1. The molecular weight excluding hydrogens is 316 g/mol. The summed E-state index contributed by atoms with van der Waals surface area (Å²) < 4.78 is 0. The highest BCUT2D eigenvalue weighted by molar-refractivity contribution is 5.96. The highest BCUT2D eigenvalue weighted by Gasteiger charge is 2.27. The lowest BCUT2D eigenvalue weighted by molar-refractivity contribution is -0.125. The summed E-state index contributed by atoms with van der Waals surface area (Å²) in [6.07, 6.45) is 1.95. The molecule has 3 N–H and O–H groups in total. The van der Waals surface area contributed by atoms with Gasteiger partial charge in [0.1, 0.15) is 0 Å². The topological polar surface area (TPSA) is 73.5 Å². The molecule has 25 heavy (non-hydrogen) atoms. The van der Waals surface area contributed by atoms with Gasteiger partial charge in [-0.25, -0.2) is 4.79 Å². The van der Waals surface area contributed by atoms with Crippen LogP contribution in [0.2, 0.25) is 0 Å². The summed E-state index contributed by atoms with van der Waals surface area (Å²) in [5.74, 6) is -0.247. The zero-order valence-electron chi connectivity index (χ0n) is 15.6. The molecule has 0 aromatic heterocycles. The van der Waals surface area contributed by atoms with Gasteiger partial charge in [-0.2, -0.15) is 0 Å². The molecule has 0 unspecified atom stereocenters. The zero-order chi connectivity index (χ0) is 18.4. The number of hydrogen-bond acceptors (Lipinski definition) is 4. The smallest absolute Gasteiger partial charge is 0.321 e. The first-order valence-electron chi connectivity index (χ1n) is 9.04. The number of nitrogens with one attached hydrogen (secondary N) is 3. The fourth-order valence-electron chi connectivity index (χ4n) is 3.07. The van der Waals surface area contributed by atoms with Gasteiger partial charge in [-0.05, 0) is 52.2 Å². The van der Waals surface area contributed by atoms with Crippen molar-refractivity contribution in [2.45, 2.75) is 58.7 Å². The van der Waals surface area contributed by atoms with Gasteiger partial charge in [0.2, 0.25) is 5.91 Å². The van der Waals surface area contributed by atoms with E-state index in [0.717, 1.165) is 25.9 Å². The molecule has 1 aromatic rings. The lowest BCUT2D eigenvalue weighted by Gasteiger charge is -2.36. The first kappa shape index (κ1) is 19.2. The first-order chi connectivity index (χ1) is 11.9. The number of likely N-dealkylation sites (tertiary alicyclic amines) is 1. The number of imide groups is 1. The standard InChI is InChI=1S/C19H30N4O2/c1-13(2)20-19(25)22-18(24)15(4)23-11-9-16(10-12-23)21-17-8-6-5-7-14(17)3/h5-8,13,15-16,21H,9-12H2,1-4H3,(H2,20,22,24,25)/t15-/m0/s1. The number of urea groups is 1. The Morgan fingerprint density at radius 2 is 1.76 bits per heavy atom. The Labute approximate surface area is 150 Å². The summed E-state index contributed by atoms with van der Waals surface area (Å²) in [5.41, 5.74) is 2.42. The van der Waals surface area contributed by atoms with Crippen LogP contribution in [-0.4, -0.2) is 48.1 Å². The highest BCUT2D eigenvalue weighted by atomic mass is 16.2. The molecule has 3 amide bonds. The predicted octanol–water partition coefficient (Wildman–Crippen LogP) is 2.49. The molecule has 6 heteroatoms. The van der Waals surface area contributed by atoms with Crippen LogP contribution in [0.25, 0.3) is 0 Å². The molecule has 0 saturated carbocycles. The van der Waals surface area contributed by atoms with Gasteiger partial charge in [0, 0.05) is 30.9 Å². The number of hydrogen-bond donors (Lipinski definition) is 3. The van der Waals surface area contributed by atoms with E-state index < -0.39 is 6.03 Å². The number of aryl methyl sites for hydroxylation is 1. The Balaban J connectivity index is 1.80. The van der Waals surface area contributed by atoms with Crippen LogP contribution in [0.5, 0.6) is 0 Å². The first-order valence-corrected chi connectivity index (χ1v) is 9.04. The van der Waals surface area contributed by atoms with Crippen LogP contribution in [0.1, 0.15) is 39.2 Å². The number of benzene rings is 1. The molecule has 1 saturated heterocycles. The van der Waals surface area contributed by atoms with E-state index in [2.05, 4.69) is 39.9 Å². The van der Waals surface area contributed by atoms with Crippen molar-refractivity contribution in [2.24, 2.45) is 0 Å². The van der Waals surface area contributed by atoms with Gasteiger partial charge in [-0.3, -0.25) is 15.0 Å². The van der Waals surface area contributed by atoms with Gasteiger partial charge < -0.3 is 10.6 Å². The maximum absolute atomic E-state index is 12.2. The van der Waals surface area contributed by atoms with Crippen molar-refractivity contribution in [1.29, 1.82) is 0 Å². The Hall–Kier alpha value is -2.08. The van der Waals surface area contributed by atoms with E-state index in [1.165, 1.54) is 11.3 Å². The van der Waals surface area contributed by atoms with Gasteiger partial charge in [0.15, 0.2) is 0 Å². The van der Waals surface area contributed by atoms with E-state index in [1.54, 1.807) is 0 Å². The molecule has 0 aliphatic carbocycles. The van der Waals surface area contributed by atoms with Crippen molar-refractivity contribution >= 4 is 17.6 Å². The third-order valence-corrected chi connectivity index (χ3v) is 4.62. The van der Waals surface area contributed by atoms with E-state index in [4.69, 9.17) is 0 Å². The monoisotopic (exact) mass is 346 g/mol. The number of amides is 3. The lowest BCUT2D eigenvalue weighted by Crippen LogP contribution is -2.53. The molecule has 0 bridgehead atoms. The molecule has 0 radical (unpaired) electrons. The van der Waals surface area contributed by atoms with Gasteiger partial charge in [-0.15, -0.1) is 0 Å². The predicted molar refractivity (Wildman–Crippen MR) is 101 cm³/mol. The van der Waals surface area contributed by atoms with Gasteiger partial charge in [0.05, 0.1) is 6.04 Å². The van der Waals surface area contributed by atoms with Crippen LogP contribution in [0, 0.1) is 6.92 Å². The average Bonchev–Trinajstić information content (AvgIpc) is 2.56. The molecule has 1 fully saturated rings. The third-order valence-electron chi connectivity index (χ3n) is 4.62. The van der Waals surface area contributed by atoms with Gasteiger partial charge >= 0.3 is 6.03 Å². The maximum Gasteiger partial charge on any atom is 0.321 e. The van der Waals surface area contributed by atoms with Crippen molar-refractivity contribution in [3.8, 4) is 0 Å². The number of rotatable bonds is 5. The minimum atomic E-state index is -0.428. The Morgan fingerprint density at radius 1 is 1.12 bits per heavy atom. The quantitative estimate of drug-likeness (QED) is 0.766. The molecule has 1 atom stereocenters. The summed E-state index contributed by atoms with van der Waals surface area (Å²) in [6.45, 7) is 9.35. The summed E-state index contributed by atoms with van der Waals surface area (Å²) in [6, 6.07) is 7.97. The Morgan fingerprint density at radius 3 is 2.36 bits per heavy atom. The second-order valence-corrected chi connectivity index (χ2v) is 7.06. The Bertz CT molecular complexity index is 595. The highest BCUT2D eigenvalue weighted by Crippen LogP contribution is 2.20. The van der Waals surface area contributed by atoms with E-state index in [9.17, 15) is 9.59 Å². The third kappa shape index (κ3) is 5.74. The van der Waals surface area contributed by atoms with Crippen molar-refractivity contribution in [3.63, 3.8) is 0 Å². The molecule has 0 spiro atoms. The molecule has 2 rings (SSSR count). The van der Waals surface area contributed by atoms with Crippen LogP contribution in [-0.2, 0) is 4.79 Å². The molecule has 1 aromatic carbocycles. The zero-order valence-corrected chi connectivity index (χ0v) is 15.6. The molecule has 138 valence electrons. The number of nitrogens with zero attached hydrogens (tertiary/aromatic N) is 1. The SMILES string of the molecule is Cc1ccccc1NC1CCN([C@@H](C)C(=O)NC(=O)NC(C)C)CC1. The normalized spacial score (nSPS) is 17.2. The fourth-order valence-corrected chi connectivity index (χ4v) is 3.07.